The van der Waals surface area contributed by atoms with Gasteiger partial charge >= 0.3 is 0 Å². The minimum absolute atomic E-state index is 0.279. The van der Waals surface area contributed by atoms with E-state index in [2.05, 4.69) is 5.32 Å². The van der Waals surface area contributed by atoms with Crippen molar-refractivity contribution in [3.05, 3.63) is 0 Å². The molecule has 100 valence electrons. The van der Waals surface area contributed by atoms with Crippen LogP contribution in [0.4, 0.5) is 0 Å². The molecule has 1 fully saturated rings. The van der Waals surface area contributed by atoms with Gasteiger partial charge in [0.15, 0.2) is 9.84 Å². The third-order valence-corrected chi connectivity index (χ3v) is 5.54. The summed E-state index contributed by atoms with van der Waals surface area (Å²) in [6.45, 7) is 5.14. The number of sulfone groups is 1. The largest absolute Gasteiger partial charge is 0.341 e. The molecule has 1 saturated heterocycles. The van der Waals surface area contributed by atoms with E-state index >= 15 is 0 Å². The van der Waals surface area contributed by atoms with Crippen LogP contribution in [0.5, 0.6) is 0 Å². The second kappa shape index (κ2) is 4.94. The van der Waals surface area contributed by atoms with Crippen LogP contribution in [0.15, 0.2) is 0 Å². The predicted molar refractivity (Wildman–Crippen MR) is 67.5 cm³/mol. The molecule has 1 unspecified atom stereocenters. The number of likely N-dealkylation sites (tertiary alicyclic amines) is 1. The molecule has 1 atom stereocenters. The minimum atomic E-state index is -3.38. The number of hydrogen-bond acceptors (Lipinski definition) is 4. The Hall–Kier alpha value is -0.620. The average molecular weight is 262 g/mol. The van der Waals surface area contributed by atoms with Crippen LogP contribution in [0, 0.1) is 5.92 Å². The highest BCUT2D eigenvalue weighted by Crippen LogP contribution is 2.23. The zero-order valence-electron chi connectivity index (χ0n) is 11.0. The van der Waals surface area contributed by atoms with Gasteiger partial charge < -0.3 is 10.2 Å². The molecular formula is C11H22N2O3S. The highest BCUT2D eigenvalue weighted by atomic mass is 32.2. The third kappa shape index (κ3) is 2.98. The van der Waals surface area contributed by atoms with Crippen molar-refractivity contribution in [1.29, 1.82) is 0 Å². The van der Waals surface area contributed by atoms with Crippen LogP contribution in [0.2, 0.25) is 0 Å². The van der Waals surface area contributed by atoms with Gasteiger partial charge in [0, 0.05) is 19.3 Å². The molecule has 1 aliphatic rings. The molecule has 1 heterocycles. The number of hydrogen-bond donors (Lipinski definition) is 1. The first kappa shape index (κ1) is 14.4. The number of nitrogens with one attached hydrogen (secondary N) is 1. The zero-order chi connectivity index (χ0) is 13.3. The van der Waals surface area contributed by atoms with E-state index in [4.69, 9.17) is 0 Å². The van der Waals surface area contributed by atoms with Gasteiger partial charge in [-0.1, -0.05) is 0 Å². The normalized spacial score (nSPS) is 21.9. The molecule has 0 aromatic carbocycles. The van der Waals surface area contributed by atoms with Gasteiger partial charge in [0.1, 0.15) is 4.75 Å². The minimum Gasteiger partial charge on any atom is -0.341 e. The lowest BCUT2D eigenvalue weighted by Crippen LogP contribution is -2.49. The maximum absolute atomic E-state index is 12.2. The van der Waals surface area contributed by atoms with E-state index in [0.29, 0.717) is 19.0 Å². The smallest absolute Gasteiger partial charge is 0.243 e. The Morgan fingerprint density at radius 1 is 1.47 bits per heavy atom. The van der Waals surface area contributed by atoms with Crippen molar-refractivity contribution in [2.45, 2.75) is 25.0 Å². The van der Waals surface area contributed by atoms with E-state index < -0.39 is 14.6 Å². The first-order chi connectivity index (χ1) is 7.70. The molecule has 6 heteroatoms. The van der Waals surface area contributed by atoms with Gasteiger partial charge in [-0.25, -0.2) is 8.42 Å². The van der Waals surface area contributed by atoms with Crippen LogP contribution in [0.1, 0.15) is 20.3 Å². The Bertz CT molecular complexity index is 390. The standard InChI is InChI=1S/C11H22N2O3S/c1-11(2,17(4,15)16)10(14)13-6-5-9(8-13)7-12-3/h9,12H,5-8H2,1-4H3. The van der Waals surface area contributed by atoms with Crippen LogP contribution in [0.25, 0.3) is 0 Å². The molecule has 0 saturated carbocycles. The summed E-state index contributed by atoms with van der Waals surface area (Å²) >= 11 is 0. The molecule has 1 rings (SSSR count). The number of carbonyl (C=O) groups excluding carboxylic acids is 1. The van der Waals surface area contributed by atoms with Crippen molar-refractivity contribution in [3.63, 3.8) is 0 Å². The molecule has 0 aliphatic carbocycles. The summed E-state index contributed by atoms with van der Waals surface area (Å²) in [4.78, 5) is 13.9. The Labute approximate surface area is 103 Å². The summed E-state index contributed by atoms with van der Waals surface area (Å²) in [5.41, 5.74) is 0. The Morgan fingerprint density at radius 3 is 2.53 bits per heavy atom. The third-order valence-electron chi connectivity index (χ3n) is 3.51. The lowest BCUT2D eigenvalue weighted by atomic mass is 10.1. The molecule has 0 spiro atoms. The molecule has 5 nitrogen and oxygen atoms in total. The summed E-state index contributed by atoms with van der Waals surface area (Å²) in [5, 5.41) is 3.08. The van der Waals surface area contributed by atoms with Gasteiger partial charge in [-0.3, -0.25) is 4.79 Å². The molecule has 17 heavy (non-hydrogen) atoms. The second-order valence-electron chi connectivity index (χ2n) is 5.25. The molecular weight excluding hydrogens is 240 g/mol. The molecule has 1 amide bonds. The fourth-order valence-electron chi connectivity index (χ4n) is 2.01. The van der Waals surface area contributed by atoms with Gasteiger partial charge in [0.05, 0.1) is 0 Å². The van der Waals surface area contributed by atoms with Crippen LogP contribution < -0.4 is 5.32 Å². The number of rotatable bonds is 4. The van der Waals surface area contributed by atoms with Gasteiger partial charge in [-0.15, -0.1) is 0 Å². The highest BCUT2D eigenvalue weighted by Gasteiger charge is 2.42. The summed E-state index contributed by atoms with van der Waals surface area (Å²) in [6, 6.07) is 0. The topological polar surface area (TPSA) is 66.5 Å². The fraction of sp³-hybridized carbons (Fsp3) is 0.909. The summed E-state index contributed by atoms with van der Waals surface area (Å²) in [5.74, 6) is 0.151. The van der Waals surface area contributed by atoms with E-state index in [0.717, 1.165) is 19.2 Å². The molecule has 0 bridgehead atoms. The lowest BCUT2D eigenvalue weighted by molar-refractivity contribution is -0.132. The van der Waals surface area contributed by atoms with Crippen molar-refractivity contribution in [1.82, 2.24) is 10.2 Å². The maximum Gasteiger partial charge on any atom is 0.243 e. The average Bonchev–Trinajstić information content (AvgIpc) is 2.64. The Kier molecular flexibility index (Phi) is 4.19. The molecule has 0 aromatic rings. The van der Waals surface area contributed by atoms with Crippen molar-refractivity contribution in [2.24, 2.45) is 5.92 Å². The van der Waals surface area contributed by atoms with E-state index in [1.54, 1.807) is 4.90 Å². The molecule has 0 aromatic heterocycles. The predicted octanol–water partition coefficient (Wildman–Crippen LogP) is -0.122. The summed E-state index contributed by atoms with van der Waals surface area (Å²) in [6.07, 6.45) is 2.05. The Morgan fingerprint density at radius 2 is 2.06 bits per heavy atom. The summed E-state index contributed by atoms with van der Waals surface area (Å²) < 4.78 is 21.9. The van der Waals surface area contributed by atoms with Crippen LogP contribution in [0.3, 0.4) is 0 Å². The van der Waals surface area contributed by atoms with E-state index in [-0.39, 0.29) is 5.91 Å². The SMILES string of the molecule is CNCC1CCN(C(=O)C(C)(C)S(C)(=O)=O)C1. The Balaban J connectivity index is 2.73. The van der Waals surface area contributed by atoms with Gasteiger partial charge in [-0.05, 0) is 39.8 Å². The van der Waals surface area contributed by atoms with Gasteiger partial charge in [0.25, 0.3) is 0 Å². The summed E-state index contributed by atoms with van der Waals surface area (Å²) in [7, 11) is -1.50. The van der Waals surface area contributed by atoms with Crippen LogP contribution in [-0.4, -0.2) is 56.9 Å². The number of carbonyl (C=O) groups is 1. The molecule has 0 radical (unpaired) electrons. The first-order valence-corrected chi connectivity index (χ1v) is 7.73. The van der Waals surface area contributed by atoms with Gasteiger partial charge in [0.2, 0.25) is 5.91 Å². The molecule has 1 N–H and O–H groups in total. The van der Waals surface area contributed by atoms with Crippen molar-refractivity contribution in [3.8, 4) is 0 Å². The zero-order valence-corrected chi connectivity index (χ0v) is 11.8. The first-order valence-electron chi connectivity index (χ1n) is 5.83. The lowest BCUT2D eigenvalue weighted by Gasteiger charge is -2.27. The quantitative estimate of drug-likeness (QED) is 0.767. The number of nitrogens with zero attached hydrogens (tertiary/aromatic N) is 1. The van der Waals surface area contributed by atoms with Crippen molar-refractivity contribution in [2.75, 3.05) is 32.9 Å². The van der Waals surface area contributed by atoms with Crippen LogP contribution in [-0.2, 0) is 14.6 Å². The van der Waals surface area contributed by atoms with Crippen molar-refractivity contribution < 1.29 is 13.2 Å². The van der Waals surface area contributed by atoms with E-state index in [1.807, 2.05) is 7.05 Å². The van der Waals surface area contributed by atoms with E-state index in [1.165, 1.54) is 13.8 Å². The van der Waals surface area contributed by atoms with Crippen LogP contribution >= 0.6 is 0 Å². The molecule has 1 aliphatic heterocycles. The van der Waals surface area contributed by atoms with Gasteiger partial charge in [-0.2, -0.15) is 0 Å². The fourth-order valence-corrected chi connectivity index (χ4v) is 2.46. The van der Waals surface area contributed by atoms with Crippen molar-refractivity contribution >= 4 is 15.7 Å². The monoisotopic (exact) mass is 262 g/mol. The van der Waals surface area contributed by atoms with E-state index in [9.17, 15) is 13.2 Å². The highest BCUT2D eigenvalue weighted by molar-refractivity contribution is 7.92. The number of amides is 1. The maximum atomic E-state index is 12.2. The second-order valence-corrected chi connectivity index (χ2v) is 7.81.